The first-order valence-electron chi connectivity index (χ1n) is 10.9. The molecule has 1 heterocycles. The molecule has 0 unspecified atom stereocenters. The Labute approximate surface area is 206 Å². The molecule has 7 nitrogen and oxygen atoms in total. The van der Waals surface area contributed by atoms with Gasteiger partial charge >= 0.3 is 0 Å². The van der Waals surface area contributed by atoms with Crippen LogP contribution in [0.1, 0.15) is 19.4 Å². The molecule has 0 spiro atoms. The first-order valence-corrected chi connectivity index (χ1v) is 11.9. The molecule has 4 aromatic rings. The van der Waals surface area contributed by atoms with Gasteiger partial charge in [0.15, 0.2) is 0 Å². The van der Waals surface area contributed by atoms with E-state index in [4.69, 9.17) is 15.0 Å². The number of aromatic nitrogens is 1. The van der Waals surface area contributed by atoms with Gasteiger partial charge in [0.05, 0.1) is 17.8 Å². The maximum absolute atomic E-state index is 8.66. The number of H-pyrrole nitrogens is 1. The van der Waals surface area contributed by atoms with Crippen molar-refractivity contribution < 1.29 is 9.47 Å². The van der Waals surface area contributed by atoms with E-state index in [9.17, 15) is 0 Å². The molecule has 1 aromatic heterocycles. The number of hydrogen-bond acceptors (Lipinski definition) is 4. The number of halogens is 1. The summed E-state index contributed by atoms with van der Waals surface area (Å²) in [7, 11) is 0. The summed E-state index contributed by atoms with van der Waals surface area (Å²) in [4.78, 5) is 6.32. The van der Waals surface area contributed by atoms with E-state index >= 15 is 0 Å². The Morgan fingerprint density at radius 1 is 1.09 bits per heavy atom. The van der Waals surface area contributed by atoms with Gasteiger partial charge in [-0.3, -0.25) is 0 Å². The van der Waals surface area contributed by atoms with E-state index in [1.54, 1.807) is 0 Å². The van der Waals surface area contributed by atoms with Crippen molar-refractivity contribution in [2.45, 2.75) is 32.6 Å². The van der Waals surface area contributed by atoms with Gasteiger partial charge in [-0.05, 0) is 58.0 Å². The minimum Gasteiger partial charge on any atom is -0.490 e. The van der Waals surface area contributed by atoms with E-state index in [-0.39, 0.29) is 6.10 Å². The van der Waals surface area contributed by atoms with Crippen molar-refractivity contribution >= 4 is 50.1 Å². The number of nitrogens with zero attached hydrogens (tertiary/aromatic N) is 3. The Morgan fingerprint density at radius 2 is 1.91 bits per heavy atom. The van der Waals surface area contributed by atoms with Crippen LogP contribution in [0.5, 0.6) is 5.75 Å². The molecule has 170 valence electrons. The number of ether oxygens (including phenoxy) is 2. The molecule has 0 saturated carbocycles. The van der Waals surface area contributed by atoms with Gasteiger partial charge in [-0.1, -0.05) is 55.4 Å². The number of hydrogen-bond donors (Lipinski definition) is 2. The molecular formula is C25H26IN5O2. The van der Waals surface area contributed by atoms with Crippen molar-refractivity contribution in [2.24, 2.45) is 5.11 Å². The lowest BCUT2D eigenvalue weighted by atomic mass is 10.1. The molecule has 0 amide bonds. The number of azide groups is 1. The normalized spacial score (nSPS) is 12.2. The Kier molecular flexibility index (Phi) is 7.72. The highest BCUT2D eigenvalue weighted by atomic mass is 127. The Bertz CT molecular complexity index is 1300. The average Bonchev–Trinajstić information content (AvgIpc) is 3.19. The topological polar surface area (TPSA) is 95.0 Å². The van der Waals surface area contributed by atoms with E-state index in [1.165, 1.54) is 0 Å². The number of aromatic amines is 1. The van der Waals surface area contributed by atoms with Crippen molar-refractivity contribution in [2.75, 3.05) is 13.2 Å². The lowest BCUT2D eigenvalue weighted by Gasteiger charge is -2.21. The van der Waals surface area contributed by atoms with Gasteiger partial charge in [-0.25, -0.2) is 0 Å². The molecule has 33 heavy (non-hydrogen) atoms. The molecule has 0 radical (unpaired) electrons. The minimum absolute atomic E-state index is 0.137. The Hall–Kier alpha value is -2.78. The fourth-order valence-corrected chi connectivity index (χ4v) is 4.38. The molecule has 0 aliphatic rings. The van der Waals surface area contributed by atoms with E-state index in [1.807, 2.05) is 42.5 Å². The number of nitrogens with one attached hydrogen (secondary N) is 2. The maximum atomic E-state index is 8.66. The van der Waals surface area contributed by atoms with Crippen molar-refractivity contribution in [3.05, 3.63) is 80.2 Å². The minimum atomic E-state index is -0.137. The molecule has 3 aromatic carbocycles. The van der Waals surface area contributed by atoms with Crippen LogP contribution in [0.3, 0.4) is 0 Å². The van der Waals surface area contributed by atoms with Gasteiger partial charge in [0.1, 0.15) is 18.5 Å². The fraction of sp³-hybridized carbons (Fsp3) is 0.280. The smallest absolute Gasteiger partial charge is 0.129 e. The van der Waals surface area contributed by atoms with Gasteiger partial charge in [0, 0.05) is 37.4 Å². The number of fused-ring (bicyclic) bond motifs is 3. The van der Waals surface area contributed by atoms with Gasteiger partial charge < -0.3 is 19.8 Å². The molecule has 0 aliphatic heterocycles. The summed E-state index contributed by atoms with van der Waals surface area (Å²) in [6, 6.07) is 20.4. The van der Waals surface area contributed by atoms with Crippen molar-refractivity contribution in [3.63, 3.8) is 0 Å². The molecule has 2 N–H and O–H groups in total. The highest BCUT2D eigenvalue weighted by Crippen LogP contribution is 2.33. The summed E-state index contributed by atoms with van der Waals surface area (Å²) in [6.45, 7) is 5.77. The largest absolute Gasteiger partial charge is 0.490 e. The van der Waals surface area contributed by atoms with Crippen LogP contribution in [0, 0.1) is 3.57 Å². The lowest BCUT2D eigenvalue weighted by Crippen LogP contribution is -2.37. The second kappa shape index (κ2) is 10.9. The van der Waals surface area contributed by atoms with Crippen LogP contribution in [0.25, 0.3) is 32.2 Å². The third-order valence-corrected chi connectivity index (χ3v) is 6.18. The molecular weight excluding hydrogens is 529 g/mol. The van der Waals surface area contributed by atoms with Crippen LogP contribution in [0.15, 0.2) is 65.8 Å². The quantitative estimate of drug-likeness (QED) is 0.0972. The van der Waals surface area contributed by atoms with Crippen LogP contribution >= 0.6 is 22.6 Å². The highest BCUT2D eigenvalue weighted by Gasteiger charge is 2.15. The summed E-state index contributed by atoms with van der Waals surface area (Å²) in [5.74, 6) is 0.844. The molecule has 0 aliphatic carbocycles. The van der Waals surface area contributed by atoms with Crippen LogP contribution in [-0.2, 0) is 11.3 Å². The average molecular weight is 555 g/mol. The third kappa shape index (κ3) is 5.78. The predicted molar refractivity (Wildman–Crippen MR) is 141 cm³/mol. The van der Waals surface area contributed by atoms with E-state index in [2.05, 4.69) is 75.0 Å². The first-order chi connectivity index (χ1) is 16.0. The van der Waals surface area contributed by atoms with Gasteiger partial charge in [0.25, 0.3) is 0 Å². The zero-order valence-corrected chi connectivity index (χ0v) is 20.7. The van der Waals surface area contributed by atoms with Crippen molar-refractivity contribution in [1.82, 2.24) is 10.3 Å². The molecule has 0 fully saturated rings. The fourth-order valence-electron chi connectivity index (χ4n) is 3.69. The summed E-state index contributed by atoms with van der Waals surface area (Å²) >= 11 is 2.17. The number of para-hydroxylation sites is 1. The van der Waals surface area contributed by atoms with Crippen LogP contribution in [0.2, 0.25) is 0 Å². The van der Waals surface area contributed by atoms with Gasteiger partial charge in [-0.2, -0.15) is 0 Å². The standard InChI is InChI=1S/C25H26IN5O2/c1-16(2)28-13-18(32-14-17-10-11-22(30-31-27)20(26)12-17)15-33-24-9-5-8-23-25(24)19-6-3-4-7-21(19)29-23/h3-12,16,18,28-29H,13-15H2,1-2H3/t18-/m1/s1. The Balaban J connectivity index is 1.49. The van der Waals surface area contributed by atoms with E-state index < -0.39 is 0 Å². The summed E-state index contributed by atoms with van der Waals surface area (Å²) < 4.78 is 13.4. The Morgan fingerprint density at radius 3 is 2.70 bits per heavy atom. The zero-order chi connectivity index (χ0) is 23.2. The second-order valence-corrected chi connectivity index (χ2v) is 9.29. The molecule has 0 bridgehead atoms. The van der Waals surface area contributed by atoms with E-state index in [0.29, 0.717) is 31.5 Å². The summed E-state index contributed by atoms with van der Waals surface area (Å²) in [6.07, 6.45) is -0.137. The van der Waals surface area contributed by atoms with Crippen molar-refractivity contribution in [3.8, 4) is 5.75 Å². The molecule has 4 rings (SSSR count). The number of benzene rings is 3. The zero-order valence-electron chi connectivity index (χ0n) is 18.6. The first kappa shape index (κ1) is 23.4. The van der Waals surface area contributed by atoms with Gasteiger partial charge in [-0.15, -0.1) is 0 Å². The SMILES string of the molecule is CC(C)NC[C@H](COc1cccc2[nH]c3ccccc3c12)OCc1ccc(N=[N+]=[N-])c(I)c1. The highest BCUT2D eigenvalue weighted by molar-refractivity contribution is 14.1. The lowest BCUT2D eigenvalue weighted by molar-refractivity contribution is 0.00957. The molecule has 8 heteroatoms. The summed E-state index contributed by atoms with van der Waals surface area (Å²) in [5, 5.41) is 9.38. The van der Waals surface area contributed by atoms with Crippen molar-refractivity contribution in [1.29, 1.82) is 0 Å². The van der Waals surface area contributed by atoms with Gasteiger partial charge in [0.2, 0.25) is 0 Å². The predicted octanol–water partition coefficient (Wildman–Crippen LogP) is 6.83. The summed E-state index contributed by atoms with van der Waals surface area (Å²) in [5.41, 5.74) is 12.5. The maximum Gasteiger partial charge on any atom is 0.129 e. The third-order valence-electron chi connectivity index (χ3n) is 5.32. The number of rotatable bonds is 10. The van der Waals surface area contributed by atoms with E-state index in [0.717, 1.165) is 36.7 Å². The van der Waals surface area contributed by atoms with Crippen LogP contribution in [-0.4, -0.2) is 30.3 Å². The second-order valence-electron chi connectivity index (χ2n) is 8.13. The van der Waals surface area contributed by atoms with Crippen LogP contribution in [0.4, 0.5) is 5.69 Å². The molecule has 1 atom stereocenters. The monoisotopic (exact) mass is 555 g/mol. The van der Waals surface area contributed by atoms with Crippen LogP contribution < -0.4 is 10.1 Å². The molecule has 0 saturated heterocycles.